The first kappa shape index (κ1) is 13.3. The van der Waals surface area contributed by atoms with Gasteiger partial charge in [0.05, 0.1) is 19.3 Å². The molecule has 0 aromatic heterocycles. The maximum Gasteiger partial charge on any atom is 0.123 e. The van der Waals surface area contributed by atoms with E-state index in [4.69, 9.17) is 15.3 Å². The van der Waals surface area contributed by atoms with Crippen molar-refractivity contribution in [3.8, 4) is 5.75 Å². The molecule has 1 aliphatic rings. The van der Waals surface area contributed by atoms with Crippen molar-refractivity contribution >= 4 is 0 Å². The van der Waals surface area contributed by atoms with Crippen LogP contribution in [0.15, 0.2) is 18.2 Å². The van der Waals surface area contributed by atoms with Gasteiger partial charge in [0.15, 0.2) is 0 Å². The molecule has 4 heteroatoms. The Morgan fingerprint density at radius 2 is 2.39 bits per heavy atom. The van der Waals surface area contributed by atoms with Crippen LogP contribution in [0.1, 0.15) is 36.4 Å². The second-order valence-electron chi connectivity index (χ2n) is 4.84. The average molecular weight is 250 g/mol. The first-order chi connectivity index (χ1) is 8.74. The zero-order valence-corrected chi connectivity index (χ0v) is 11.1. The second kappa shape index (κ2) is 6.18. The first-order valence-corrected chi connectivity index (χ1v) is 6.47. The molecule has 2 atom stereocenters. The van der Waals surface area contributed by atoms with Crippen LogP contribution < -0.4 is 16.0 Å². The normalized spacial score (nSPS) is 20.9. The van der Waals surface area contributed by atoms with E-state index in [-0.39, 0.29) is 6.04 Å². The van der Waals surface area contributed by atoms with E-state index in [1.165, 1.54) is 5.56 Å². The van der Waals surface area contributed by atoms with Gasteiger partial charge in [-0.25, -0.2) is 0 Å². The van der Waals surface area contributed by atoms with Crippen molar-refractivity contribution < 1.29 is 9.47 Å². The van der Waals surface area contributed by atoms with Gasteiger partial charge in [-0.2, -0.15) is 0 Å². The molecule has 0 aliphatic carbocycles. The Bertz CT molecular complexity index is 389. The van der Waals surface area contributed by atoms with E-state index in [0.717, 1.165) is 37.2 Å². The molecule has 1 fully saturated rings. The summed E-state index contributed by atoms with van der Waals surface area (Å²) in [6, 6.07) is 6.23. The molecule has 2 rings (SSSR count). The zero-order valence-electron chi connectivity index (χ0n) is 11.1. The summed E-state index contributed by atoms with van der Waals surface area (Å²) in [4.78, 5) is 0. The summed E-state index contributed by atoms with van der Waals surface area (Å²) in [5.41, 5.74) is 5.20. The Morgan fingerprint density at radius 1 is 1.56 bits per heavy atom. The molecule has 2 unspecified atom stereocenters. The van der Waals surface area contributed by atoms with Crippen LogP contribution in [0.2, 0.25) is 0 Å². The van der Waals surface area contributed by atoms with Gasteiger partial charge in [0.2, 0.25) is 0 Å². The molecule has 1 saturated heterocycles. The number of rotatable bonds is 5. The lowest BCUT2D eigenvalue weighted by molar-refractivity contribution is 0.0943. The Labute approximate surface area is 108 Å². The number of nitrogens with two attached hydrogens (primary N) is 1. The summed E-state index contributed by atoms with van der Waals surface area (Å²) in [6.07, 6.45) is 3.45. The third-order valence-corrected chi connectivity index (χ3v) is 3.48. The predicted molar refractivity (Wildman–Crippen MR) is 71.4 cm³/mol. The highest BCUT2D eigenvalue weighted by Crippen LogP contribution is 2.31. The molecule has 1 heterocycles. The largest absolute Gasteiger partial charge is 0.496 e. The molecular formula is C14H22N2O2. The average Bonchev–Trinajstić information content (AvgIpc) is 2.88. The molecule has 100 valence electrons. The van der Waals surface area contributed by atoms with E-state index in [0.29, 0.717) is 6.10 Å². The SMILES string of the molecule is COc1ccc(C)cc1C(CC1CCCO1)NN. The molecular weight excluding hydrogens is 228 g/mol. The minimum absolute atomic E-state index is 0.0722. The van der Waals surface area contributed by atoms with Crippen LogP contribution in [0.5, 0.6) is 5.75 Å². The molecule has 0 amide bonds. The van der Waals surface area contributed by atoms with Crippen molar-refractivity contribution in [3.63, 3.8) is 0 Å². The number of hydrogen-bond acceptors (Lipinski definition) is 4. The lowest BCUT2D eigenvalue weighted by Crippen LogP contribution is -2.31. The molecule has 1 aromatic rings. The van der Waals surface area contributed by atoms with Crippen LogP contribution in [0, 0.1) is 6.92 Å². The topological polar surface area (TPSA) is 56.5 Å². The van der Waals surface area contributed by atoms with Gasteiger partial charge >= 0.3 is 0 Å². The Morgan fingerprint density at radius 3 is 3.00 bits per heavy atom. The first-order valence-electron chi connectivity index (χ1n) is 6.47. The van der Waals surface area contributed by atoms with Gasteiger partial charge in [0.25, 0.3) is 0 Å². The molecule has 1 aliphatic heterocycles. The van der Waals surface area contributed by atoms with E-state index >= 15 is 0 Å². The standard InChI is InChI=1S/C14H22N2O2/c1-10-5-6-14(17-2)12(8-10)13(16-15)9-11-4-3-7-18-11/h5-6,8,11,13,16H,3-4,7,9,15H2,1-2H3. The fraction of sp³-hybridized carbons (Fsp3) is 0.571. The van der Waals surface area contributed by atoms with Gasteiger partial charge in [-0.1, -0.05) is 17.7 Å². The maximum atomic E-state index is 5.70. The van der Waals surface area contributed by atoms with Crippen molar-refractivity contribution in [2.45, 2.75) is 38.3 Å². The second-order valence-corrected chi connectivity index (χ2v) is 4.84. The van der Waals surface area contributed by atoms with Gasteiger partial charge in [0.1, 0.15) is 5.75 Å². The third-order valence-electron chi connectivity index (χ3n) is 3.48. The molecule has 18 heavy (non-hydrogen) atoms. The molecule has 0 radical (unpaired) electrons. The minimum Gasteiger partial charge on any atom is -0.496 e. The zero-order chi connectivity index (χ0) is 13.0. The molecule has 3 N–H and O–H groups in total. The van der Waals surface area contributed by atoms with Gasteiger partial charge in [0, 0.05) is 12.2 Å². The summed E-state index contributed by atoms with van der Waals surface area (Å²) in [5, 5.41) is 0. The van der Waals surface area contributed by atoms with Crippen molar-refractivity contribution in [1.82, 2.24) is 5.43 Å². The van der Waals surface area contributed by atoms with Crippen LogP contribution in [-0.2, 0) is 4.74 Å². The van der Waals surface area contributed by atoms with Gasteiger partial charge in [-0.15, -0.1) is 0 Å². The summed E-state index contributed by atoms with van der Waals surface area (Å²) in [7, 11) is 1.69. The summed E-state index contributed by atoms with van der Waals surface area (Å²) in [5.74, 6) is 6.57. The highest BCUT2D eigenvalue weighted by molar-refractivity contribution is 5.39. The van der Waals surface area contributed by atoms with E-state index in [2.05, 4.69) is 18.4 Å². The summed E-state index contributed by atoms with van der Waals surface area (Å²) in [6.45, 7) is 2.94. The van der Waals surface area contributed by atoms with E-state index in [1.807, 2.05) is 12.1 Å². The third kappa shape index (κ3) is 3.02. The summed E-state index contributed by atoms with van der Waals surface area (Å²) >= 11 is 0. The van der Waals surface area contributed by atoms with Crippen molar-refractivity contribution in [2.24, 2.45) is 5.84 Å². The minimum atomic E-state index is 0.0722. The number of nitrogens with one attached hydrogen (secondary N) is 1. The number of aryl methyl sites for hydroxylation is 1. The van der Waals surface area contributed by atoms with Crippen LogP contribution in [0.3, 0.4) is 0 Å². The monoisotopic (exact) mass is 250 g/mol. The van der Waals surface area contributed by atoms with Crippen LogP contribution in [-0.4, -0.2) is 19.8 Å². The molecule has 4 nitrogen and oxygen atoms in total. The molecule has 1 aromatic carbocycles. The number of hydrogen-bond donors (Lipinski definition) is 2. The number of hydrazine groups is 1. The fourth-order valence-corrected chi connectivity index (χ4v) is 2.50. The van der Waals surface area contributed by atoms with Crippen LogP contribution >= 0.6 is 0 Å². The number of methoxy groups -OCH3 is 1. The van der Waals surface area contributed by atoms with E-state index in [9.17, 15) is 0 Å². The Hall–Kier alpha value is -1.10. The lowest BCUT2D eigenvalue weighted by atomic mass is 9.97. The molecule has 0 saturated carbocycles. The van der Waals surface area contributed by atoms with Crippen LogP contribution in [0.25, 0.3) is 0 Å². The quantitative estimate of drug-likeness (QED) is 0.620. The van der Waals surface area contributed by atoms with Gasteiger partial charge < -0.3 is 9.47 Å². The van der Waals surface area contributed by atoms with Crippen LogP contribution in [0.4, 0.5) is 0 Å². The molecule has 0 bridgehead atoms. The van der Waals surface area contributed by atoms with Gasteiger partial charge in [-0.3, -0.25) is 11.3 Å². The predicted octanol–water partition coefficient (Wildman–Crippen LogP) is 2.08. The fourth-order valence-electron chi connectivity index (χ4n) is 2.50. The molecule has 0 spiro atoms. The Kier molecular flexibility index (Phi) is 4.58. The summed E-state index contributed by atoms with van der Waals surface area (Å²) < 4.78 is 11.1. The van der Waals surface area contributed by atoms with Crippen molar-refractivity contribution in [1.29, 1.82) is 0 Å². The van der Waals surface area contributed by atoms with Crippen molar-refractivity contribution in [3.05, 3.63) is 29.3 Å². The number of benzene rings is 1. The highest BCUT2D eigenvalue weighted by atomic mass is 16.5. The van der Waals surface area contributed by atoms with Gasteiger partial charge in [-0.05, 0) is 32.3 Å². The smallest absolute Gasteiger partial charge is 0.123 e. The van der Waals surface area contributed by atoms with E-state index < -0.39 is 0 Å². The Balaban J connectivity index is 2.17. The van der Waals surface area contributed by atoms with Crippen molar-refractivity contribution in [2.75, 3.05) is 13.7 Å². The van der Waals surface area contributed by atoms with E-state index in [1.54, 1.807) is 7.11 Å². The number of ether oxygens (including phenoxy) is 2. The lowest BCUT2D eigenvalue weighted by Gasteiger charge is -2.22. The highest BCUT2D eigenvalue weighted by Gasteiger charge is 2.23. The maximum absolute atomic E-state index is 5.70.